The number of rotatable bonds is 8. The highest BCUT2D eigenvalue weighted by Gasteiger charge is 2.25. The Labute approximate surface area is 164 Å². The number of hydrogen-bond acceptors (Lipinski definition) is 8. The summed E-state index contributed by atoms with van der Waals surface area (Å²) in [6, 6.07) is 0.165. The summed E-state index contributed by atoms with van der Waals surface area (Å²) in [7, 11) is 0. The van der Waals surface area contributed by atoms with E-state index >= 15 is 0 Å². The zero-order valence-electron chi connectivity index (χ0n) is 16.0. The van der Waals surface area contributed by atoms with E-state index in [4.69, 9.17) is 5.73 Å². The van der Waals surface area contributed by atoms with Crippen LogP contribution >= 0.6 is 11.3 Å². The van der Waals surface area contributed by atoms with Crippen molar-refractivity contribution in [1.29, 1.82) is 0 Å². The number of fused-ring (bicyclic) bond motifs is 1. The molecule has 1 aliphatic rings. The number of anilines is 2. The lowest BCUT2D eigenvalue weighted by molar-refractivity contribution is 0.276. The Balaban J connectivity index is 1.84. The first-order valence-electron chi connectivity index (χ1n) is 9.40. The molecule has 146 valence electrons. The normalized spacial score (nSPS) is 14.7. The number of nitrogens with two attached hydrogens (primary N) is 1. The minimum absolute atomic E-state index is 0.145. The smallest absolute Gasteiger partial charge is 0.222 e. The van der Waals surface area contributed by atoms with Crippen LogP contribution in [0.4, 0.5) is 11.8 Å². The summed E-state index contributed by atoms with van der Waals surface area (Å²) in [5, 5.41) is 15.9. The van der Waals surface area contributed by atoms with Gasteiger partial charge in [0.25, 0.3) is 0 Å². The predicted molar refractivity (Wildman–Crippen MR) is 110 cm³/mol. The van der Waals surface area contributed by atoms with Crippen LogP contribution in [0.1, 0.15) is 48.1 Å². The molecule has 1 atom stereocenters. The van der Waals surface area contributed by atoms with Gasteiger partial charge in [-0.2, -0.15) is 4.98 Å². The van der Waals surface area contributed by atoms with Gasteiger partial charge in [-0.1, -0.05) is 19.9 Å². The van der Waals surface area contributed by atoms with Crippen molar-refractivity contribution >= 4 is 28.8 Å². The quantitative estimate of drug-likeness (QED) is 0.639. The SMILES string of the molecule is C=C(c1csc(C)n1)N1CCc2nc(N)nc(NC(CCC)CCO)c2C1. The van der Waals surface area contributed by atoms with E-state index in [1.54, 1.807) is 11.3 Å². The highest BCUT2D eigenvalue weighted by atomic mass is 32.1. The summed E-state index contributed by atoms with van der Waals surface area (Å²) in [4.78, 5) is 15.7. The molecule has 1 unspecified atom stereocenters. The molecule has 0 spiro atoms. The first-order valence-corrected chi connectivity index (χ1v) is 10.3. The van der Waals surface area contributed by atoms with Crippen molar-refractivity contribution in [2.45, 2.75) is 52.1 Å². The lowest BCUT2D eigenvalue weighted by Crippen LogP contribution is -2.32. The predicted octanol–water partition coefficient (Wildman–Crippen LogP) is 2.82. The van der Waals surface area contributed by atoms with Crippen LogP contribution in [-0.4, -0.2) is 44.2 Å². The lowest BCUT2D eigenvalue weighted by Gasteiger charge is -2.32. The number of aryl methyl sites for hydroxylation is 1. The summed E-state index contributed by atoms with van der Waals surface area (Å²) in [6.07, 6.45) is 3.47. The van der Waals surface area contributed by atoms with Crippen molar-refractivity contribution in [3.63, 3.8) is 0 Å². The lowest BCUT2D eigenvalue weighted by atomic mass is 10.0. The average molecular weight is 389 g/mol. The molecule has 3 heterocycles. The monoisotopic (exact) mass is 388 g/mol. The Morgan fingerprint density at radius 3 is 2.89 bits per heavy atom. The van der Waals surface area contributed by atoms with E-state index in [-0.39, 0.29) is 18.6 Å². The third-order valence-corrected chi connectivity index (χ3v) is 5.60. The minimum atomic E-state index is 0.145. The Morgan fingerprint density at radius 2 is 2.22 bits per heavy atom. The van der Waals surface area contributed by atoms with Gasteiger partial charge in [0.1, 0.15) is 5.82 Å². The van der Waals surface area contributed by atoms with Crippen molar-refractivity contribution in [2.75, 3.05) is 24.2 Å². The van der Waals surface area contributed by atoms with Gasteiger partial charge in [-0.05, 0) is 19.8 Å². The van der Waals surface area contributed by atoms with Crippen LogP contribution in [0.5, 0.6) is 0 Å². The van der Waals surface area contributed by atoms with Crippen LogP contribution < -0.4 is 11.1 Å². The van der Waals surface area contributed by atoms with Gasteiger partial charge in [-0.25, -0.2) is 9.97 Å². The van der Waals surface area contributed by atoms with E-state index in [9.17, 15) is 5.11 Å². The highest BCUT2D eigenvalue weighted by molar-refractivity contribution is 7.09. The maximum atomic E-state index is 9.35. The molecular weight excluding hydrogens is 360 g/mol. The second-order valence-electron chi connectivity index (χ2n) is 6.87. The van der Waals surface area contributed by atoms with E-state index in [0.29, 0.717) is 13.0 Å². The van der Waals surface area contributed by atoms with Gasteiger partial charge < -0.3 is 21.1 Å². The molecular formula is C19H28N6OS. The van der Waals surface area contributed by atoms with E-state index in [0.717, 1.165) is 59.3 Å². The molecule has 1 aliphatic heterocycles. The molecule has 7 nitrogen and oxygen atoms in total. The van der Waals surface area contributed by atoms with Crippen LogP contribution in [-0.2, 0) is 13.0 Å². The second-order valence-corrected chi connectivity index (χ2v) is 7.93. The molecule has 0 amide bonds. The van der Waals surface area contributed by atoms with Crippen molar-refractivity contribution in [3.8, 4) is 0 Å². The standard InChI is InChI=1S/C19H28N6OS/c1-4-5-14(7-9-26)22-18-15-10-25(8-6-16(15)23-19(20)24-18)12(2)17-11-27-13(3)21-17/h11,14,26H,2,4-10H2,1,3H3,(H3,20,22,23,24). The molecule has 27 heavy (non-hydrogen) atoms. The van der Waals surface area contributed by atoms with Crippen molar-refractivity contribution < 1.29 is 5.11 Å². The number of aliphatic hydroxyl groups excluding tert-OH is 1. The fraction of sp³-hybridized carbons (Fsp3) is 0.526. The molecule has 3 rings (SSSR count). The van der Waals surface area contributed by atoms with Gasteiger partial charge in [-0.15, -0.1) is 11.3 Å². The van der Waals surface area contributed by atoms with Crippen LogP contribution in [0.3, 0.4) is 0 Å². The largest absolute Gasteiger partial charge is 0.396 e. The summed E-state index contributed by atoms with van der Waals surface area (Å²) in [5.41, 5.74) is 9.84. The Morgan fingerprint density at radius 1 is 1.41 bits per heavy atom. The molecule has 2 aromatic rings. The molecule has 0 fully saturated rings. The molecule has 2 aromatic heterocycles. The number of thiazole rings is 1. The average Bonchev–Trinajstić information content (AvgIpc) is 3.07. The van der Waals surface area contributed by atoms with Gasteiger partial charge in [0, 0.05) is 43.1 Å². The second kappa shape index (κ2) is 8.67. The molecule has 0 aliphatic carbocycles. The first-order chi connectivity index (χ1) is 13.0. The minimum Gasteiger partial charge on any atom is -0.396 e. The third kappa shape index (κ3) is 4.56. The fourth-order valence-electron chi connectivity index (χ4n) is 3.43. The van der Waals surface area contributed by atoms with Crippen LogP contribution in [0.15, 0.2) is 12.0 Å². The number of aliphatic hydroxyl groups is 1. The summed E-state index contributed by atoms with van der Waals surface area (Å²) in [6.45, 7) is 10.0. The number of nitrogen functional groups attached to an aromatic ring is 1. The van der Waals surface area contributed by atoms with E-state index in [1.165, 1.54) is 0 Å². The first kappa shape index (κ1) is 19.6. The number of aromatic nitrogens is 3. The topological polar surface area (TPSA) is 100 Å². The molecule has 0 bridgehead atoms. The zero-order valence-corrected chi connectivity index (χ0v) is 16.8. The van der Waals surface area contributed by atoms with E-state index in [1.807, 2.05) is 12.3 Å². The van der Waals surface area contributed by atoms with Gasteiger partial charge >= 0.3 is 0 Å². The number of nitrogens with zero attached hydrogens (tertiary/aromatic N) is 4. The van der Waals surface area contributed by atoms with Crippen LogP contribution in [0, 0.1) is 6.92 Å². The zero-order chi connectivity index (χ0) is 19.4. The molecule has 0 saturated heterocycles. The molecule has 8 heteroatoms. The third-order valence-electron chi connectivity index (χ3n) is 4.83. The van der Waals surface area contributed by atoms with Crippen LogP contribution in [0.25, 0.3) is 5.70 Å². The Kier molecular flexibility index (Phi) is 6.28. The van der Waals surface area contributed by atoms with E-state index in [2.05, 4.69) is 38.7 Å². The number of hydrogen-bond donors (Lipinski definition) is 3. The van der Waals surface area contributed by atoms with Gasteiger partial charge in [0.2, 0.25) is 5.95 Å². The highest BCUT2D eigenvalue weighted by Crippen LogP contribution is 2.30. The molecule has 0 radical (unpaired) electrons. The van der Waals surface area contributed by atoms with Crippen molar-refractivity contribution in [1.82, 2.24) is 19.9 Å². The molecule has 0 aromatic carbocycles. The van der Waals surface area contributed by atoms with E-state index < -0.39 is 0 Å². The van der Waals surface area contributed by atoms with Crippen LogP contribution in [0.2, 0.25) is 0 Å². The fourth-order valence-corrected chi connectivity index (χ4v) is 4.05. The Hall–Kier alpha value is -2.19. The molecule has 4 N–H and O–H groups in total. The van der Waals surface area contributed by atoms with Gasteiger partial charge in [0.15, 0.2) is 0 Å². The summed E-state index contributed by atoms with van der Waals surface area (Å²) in [5.74, 6) is 1.06. The van der Waals surface area contributed by atoms with Crippen molar-refractivity contribution in [2.24, 2.45) is 0 Å². The summed E-state index contributed by atoms with van der Waals surface area (Å²) >= 11 is 1.63. The van der Waals surface area contributed by atoms with Crippen molar-refractivity contribution in [3.05, 3.63) is 33.9 Å². The number of nitrogens with one attached hydrogen (secondary N) is 1. The maximum absolute atomic E-state index is 9.35. The van der Waals surface area contributed by atoms with Gasteiger partial charge in [-0.3, -0.25) is 0 Å². The Bertz CT molecular complexity index is 799. The molecule has 0 saturated carbocycles. The maximum Gasteiger partial charge on any atom is 0.222 e. The van der Waals surface area contributed by atoms with Gasteiger partial charge in [0.05, 0.1) is 22.1 Å². The summed E-state index contributed by atoms with van der Waals surface area (Å²) < 4.78 is 0.